The lowest BCUT2D eigenvalue weighted by molar-refractivity contribution is 0.0935. The first kappa shape index (κ1) is 14.8. The summed E-state index contributed by atoms with van der Waals surface area (Å²) in [4.78, 5) is 15.1. The molecule has 0 aliphatic heterocycles. The number of furan rings is 1. The van der Waals surface area contributed by atoms with Gasteiger partial charge in [0.2, 0.25) is 0 Å². The minimum Gasteiger partial charge on any atom is -0.459 e. The second-order valence-corrected chi connectivity index (χ2v) is 5.78. The molecule has 2 N–H and O–H groups in total. The SMILES string of the molecule is CC(NC(=O)c1ccc[nH]c1=S)c1cc2cc(Cl)ccc2o1. The molecule has 112 valence electrons. The zero-order valence-corrected chi connectivity index (χ0v) is 13.3. The number of aromatic amines is 1. The van der Waals surface area contributed by atoms with Gasteiger partial charge >= 0.3 is 0 Å². The van der Waals surface area contributed by atoms with Gasteiger partial charge in [0.15, 0.2) is 0 Å². The van der Waals surface area contributed by atoms with Crippen LogP contribution < -0.4 is 5.32 Å². The van der Waals surface area contributed by atoms with Crippen LogP contribution in [-0.2, 0) is 0 Å². The third-order valence-corrected chi connectivity index (χ3v) is 3.91. The van der Waals surface area contributed by atoms with E-state index in [1.165, 1.54) is 0 Å². The molecular weight excluding hydrogens is 320 g/mol. The van der Waals surface area contributed by atoms with Crippen LogP contribution in [0, 0.1) is 4.64 Å². The smallest absolute Gasteiger partial charge is 0.254 e. The normalized spacial score (nSPS) is 12.3. The first-order chi connectivity index (χ1) is 10.5. The lowest BCUT2D eigenvalue weighted by atomic mass is 10.2. The molecule has 6 heteroatoms. The molecule has 0 saturated carbocycles. The van der Waals surface area contributed by atoms with Crippen LogP contribution in [0.25, 0.3) is 11.0 Å². The standard InChI is InChI=1S/C16H13ClN2O2S/c1-9(19-15(20)12-3-2-6-18-16(12)22)14-8-10-7-11(17)4-5-13(10)21-14/h2-9H,1H3,(H,18,22)(H,19,20). The number of carbonyl (C=O) groups is 1. The zero-order chi connectivity index (χ0) is 15.7. The monoisotopic (exact) mass is 332 g/mol. The predicted octanol–water partition coefficient (Wildman–Crippen LogP) is 4.63. The van der Waals surface area contributed by atoms with Crippen LogP contribution in [0.5, 0.6) is 0 Å². The van der Waals surface area contributed by atoms with Crippen molar-refractivity contribution in [1.82, 2.24) is 10.3 Å². The number of hydrogen-bond donors (Lipinski definition) is 2. The van der Waals surface area contributed by atoms with E-state index in [4.69, 9.17) is 28.2 Å². The Morgan fingerprint density at radius 3 is 2.95 bits per heavy atom. The van der Waals surface area contributed by atoms with Gasteiger partial charge in [-0.2, -0.15) is 0 Å². The fraction of sp³-hybridized carbons (Fsp3) is 0.125. The second-order valence-electron chi connectivity index (χ2n) is 4.94. The summed E-state index contributed by atoms with van der Waals surface area (Å²) in [5.74, 6) is 0.421. The summed E-state index contributed by atoms with van der Waals surface area (Å²) < 4.78 is 6.15. The number of rotatable bonds is 3. The Labute approximate surface area is 137 Å². The molecule has 0 bridgehead atoms. The first-order valence-corrected chi connectivity index (χ1v) is 7.51. The summed E-state index contributed by atoms with van der Waals surface area (Å²) in [6.07, 6.45) is 1.69. The van der Waals surface area contributed by atoms with E-state index < -0.39 is 0 Å². The maximum atomic E-state index is 12.3. The van der Waals surface area contributed by atoms with Gasteiger partial charge in [-0.25, -0.2) is 0 Å². The fourth-order valence-electron chi connectivity index (χ4n) is 2.19. The van der Waals surface area contributed by atoms with Crippen LogP contribution in [0.2, 0.25) is 5.02 Å². The van der Waals surface area contributed by atoms with Gasteiger partial charge in [-0.15, -0.1) is 0 Å². The van der Waals surface area contributed by atoms with E-state index in [1.54, 1.807) is 24.4 Å². The molecule has 0 aliphatic rings. The molecule has 4 nitrogen and oxygen atoms in total. The fourth-order valence-corrected chi connectivity index (χ4v) is 2.60. The summed E-state index contributed by atoms with van der Waals surface area (Å²) in [6, 6.07) is 10.4. The molecule has 0 saturated heterocycles. The Bertz CT molecular complexity index is 900. The van der Waals surface area contributed by atoms with Crippen molar-refractivity contribution in [2.45, 2.75) is 13.0 Å². The average molecular weight is 333 g/mol. The molecule has 3 aromatic rings. The van der Waals surface area contributed by atoms with Crippen LogP contribution in [0.1, 0.15) is 29.1 Å². The van der Waals surface area contributed by atoms with Gasteiger partial charge < -0.3 is 14.7 Å². The van der Waals surface area contributed by atoms with Crippen LogP contribution >= 0.6 is 23.8 Å². The van der Waals surface area contributed by atoms with E-state index in [9.17, 15) is 4.79 Å². The number of aromatic nitrogens is 1. The van der Waals surface area contributed by atoms with Gasteiger partial charge in [-0.1, -0.05) is 23.8 Å². The highest BCUT2D eigenvalue weighted by Gasteiger charge is 2.16. The number of halogens is 1. The average Bonchev–Trinajstić information content (AvgIpc) is 2.90. The number of fused-ring (bicyclic) bond motifs is 1. The van der Waals surface area contributed by atoms with Crippen molar-refractivity contribution in [3.8, 4) is 0 Å². The summed E-state index contributed by atoms with van der Waals surface area (Å²) in [5.41, 5.74) is 1.17. The van der Waals surface area contributed by atoms with Crippen molar-refractivity contribution in [2.24, 2.45) is 0 Å². The summed E-state index contributed by atoms with van der Waals surface area (Å²) >= 11 is 11.1. The van der Waals surface area contributed by atoms with Gasteiger partial charge in [0.05, 0.1) is 11.6 Å². The maximum Gasteiger partial charge on any atom is 0.254 e. The summed E-state index contributed by atoms with van der Waals surface area (Å²) in [5, 5.41) is 4.43. The number of hydrogen-bond acceptors (Lipinski definition) is 3. The Balaban J connectivity index is 1.84. The zero-order valence-electron chi connectivity index (χ0n) is 11.7. The van der Waals surface area contributed by atoms with E-state index in [1.807, 2.05) is 25.1 Å². The molecule has 2 heterocycles. The topological polar surface area (TPSA) is 58.0 Å². The van der Waals surface area contributed by atoms with Gasteiger partial charge in [0.25, 0.3) is 5.91 Å². The van der Waals surface area contributed by atoms with Gasteiger partial charge in [0.1, 0.15) is 16.0 Å². The van der Waals surface area contributed by atoms with Crippen molar-refractivity contribution >= 4 is 40.7 Å². The first-order valence-electron chi connectivity index (χ1n) is 6.72. The van der Waals surface area contributed by atoms with Crippen LogP contribution in [0.15, 0.2) is 47.0 Å². The van der Waals surface area contributed by atoms with Crippen LogP contribution in [0.3, 0.4) is 0 Å². The van der Waals surface area contributed by atoms with E-state index in [-0.39, 0.29) is 11.9 Å². The second kappa shape index (κ2) is 5.94. The molecule has 1 amide bonds. The van der Waals surface area contributed by atoms with Crippen molar-refractivity contribution in [1.29, 1.82) is 0 Å². The van der Waals surface area contributed by atoms with E-state index in [0.29, 0.717) is 21.0 Å². The molecule has 22 heavy (non-hydrogen) atoms. The molecule has 0 radical (unpaired) electrons. The lowest BCUT2D eigenvalue weighted by Gasteiger charge is -2.11. The Morgan fingerprint density at radius 2 is 2.18 bits per heavy atom. The van der Waals surface area contributed by atoms with Gasteiger partial charge in [0, 0.05) is 16.6 Å². The molecule has 0 spiro atoms. The molecule has 1 unspecified atom stereocenters. The Hall–Kier alpha value is -2.11. The number of nitrogens with one attached hydrogen (secondary N) is 2. The third-order valence-electron chi connectivity index (χ3n) is 3.33. The molecular formula is C16H13ClN2O2S. The third kappa shape index (κ3) is 2.91. The molecule has 1 aromatic carbocycles. The number of carbonyl (C=O) groups excluding carboxylic acids is 1. The van der Waals surface area contributed by atoms with Crippen molar-refractivity contribution in [3.63, 3.8) is 0 Å². The molecule has 3 rings (SSSR count). The largest absolute Gasteiger partial charge is 0.459 e. The number of H-pyrrole nitrogens is 1. The molecule has 2 aromatic heterocycles. The minimum atomic E-state index is -0.284. The summed E-state index contributed by atoms with van der Waals surface area (Å²) in [6.45, 7) is 1.85. The van der Waals surface area contributed by atoms with Crippen molar-refractivity contribution < 1.29 is 9.21 Å². The highest BCUT2D eigenvalue weighted by atomic mass is 35.5. The number of benzene rings is 1. The molecule has 0 fully saturated rings. The van der Waals surface area contributed by atoms with Crippen molar-refractivity contribution in [2.75, 3.05) is 0 Å². The number of amides is 1. The minimum absolute atomic E-state index is 0.243. The van der Waals surface area contributed by atoms with Gasteiger partial charge in [-0.05, 0) is 43.3 Å². The Kier molecular flexibility index (Phi) is 4.00. The van der Waals surface area contributed by atoms with E-state index >= 15 is 0 Å². The van der Waals surface area contributed by atoms with Crippen LogP contribution in [0.4, 0.5) is 0 Å². The van der Waals surface area contributed by atoms with Crippen LogP contribution in [-0.4, -0.2) is 10.9 Å². The molecule has 1 atom stereocenters. The quantitative estimate of drug-likeness (QED) is 0.687. The maximum absolute atomic E-state index is 12.3. The van der Waals surface area contributed by atoms with E-state index in [0.717, 1.165) is 11.0 Å². The highest BCUT2D eigenvalue weighted by molar-refractivity contribution is 7.71. The van der Waals surface area contributed by atoms with Gasteiger partial charge in [-0.3, -0.25) is 4.79 Å². The van der Waals surface area contributed by atoms with Crippen molar-refractivity contribution in [3.05, 3.63) is 63.6 Å². The van der Waals surface area contributed by atoms with E-state index in [2.05, 4.69) is 10.3 Å². The molecule has 0 aliphatic carbocycles. The lowest BCUT2D eigenvalue weighted by Crippen LogP contribution is -2.26. The highest BCUT2D eigenvalue weighted by Crippen LogP contribution is 2.26. The summed E-state index contributed by atoms with van der Waals surface area (Å²) in [7, 11) is 0. The predicted molar refractivity (Wildman–Crippen MR) is 88.7 cm³/mol. The Morgan fingerprint density at radius 1 is 1.36 bits per heavy atom. The number of pyridine rings is 1.